The van der Waals surface area contributed by atoms with Crippen LogP contribution < -0.4 is 10.5 Å². The zero-order valence-electron chi connectivity index (χ0n) is 10.6. The molecule has 2 rings (SSSR count). The van der Waals surface area contributed by atoms with Crippen molar-refractivity contribution >= 4 is 0 Å². The molecule has 0 aliphatic carbocycles. The van der Waals surface area contributed by atoms with Gasteiger partial charge < -0.3 is 10.5 Å². The van der Waals surface area contributed by atoms with E-state index < -0.39 is 0 Å². The SMILES string of the molecule is CN1CCCC1(C)c1cccnc1OCCN. The summed E-state index contributed by atoms with van der Waals surface area (Å²) in [4.78, 5) is 6.71. The number of hydrogen-bond donors (Lipinski definition) is 1. The molecule has 1 aromatic rings. The van der Waals surface area contributed by atoms with E-state index >= 15 is 0 Å². The van der Waals surface area contributed by atoms with Crippen LogP contribution in [0.3, 0.4) is 0 Å². The second-order valence-corrected chi connectivity index (χ2v) is 4.79. The minimum absolute atomic E-state index is 0.0399. The lowest BCUT2D eigenvalue weighted by Crippen LogP contribution is -2.36. The van der Waals surface area contributed by atoms with Crippen molar-refractivity contribution < 1.29 is 4.74 Å². The maximum absolute atomic E-state index is 5.65. The van der Waals surface area contributed by atoms with Crippen molar-refractivity contribution in [3.8, 4) is 5.88 Å². The first-order valence-corrected chi connectivity index (χ1v) is 6.18. The predicted octanol–water partition coefficient (Wildman–Crippen LogP) is 1.36. The normalized spacial score (nSPS) is 25.1. The van der Waals surface area contributed by atoms with E-state index in [0.29, 0.717) is 13.2 Å². The van der Waals surface area contributed by atoms with Gasteiger partial charge in [0.15, 0.2) is 0 Å². The first-order valence-electron chi connectivity index (χ1n) is 6.18. The fraction of sp³-hybridized carbons (Fsp3) is 0.615. The van der Waals surface area contributed by atoms with Crippen LogP contribution in [0.1, 0.15) is 25.3 Å². The van der Waals surface area contributed by atoms with Gasteiger partial charge in [-0.05, 0) is 39.4 Å². The topological polar surface area (TPSA) is 51.4 Å². The van der Waals surface area contributed by atoms with E-state index in [2.05, 4.69) is 29.9 Å². The lowest BCUT2D eigenvalue weighted by molar-refractivity contribution is 0.186. The highest BCUT2D eigenvalue weighted by Crippen LogP contribution is 2.40. The molecule has 1 aliphatic rings. The quantitative estimate of drug-likeness (QED) is 0.856. The van der Waals surface area contributed by atoms with Gasteiger partial charge >= 0.3 is 0 Å². The Morgan fingerprint density at radius 1 is 1.59 bits per heavy atom. The monoisotopic (exact) mass is 235 g/mol. The number of nitrogens with two attached hydrogens (primary N) is 1. The minimum atomic E-state index is 0.0399. The summed E-state index contributed by atoms with van der Waals surface area (Å²) in [5.41, 5.74) is 6.69. The highest BCUT2D eigenvalue weighted by atomic mass is 16.5. The van der Waals surface area contributed by atoms with Gasteiger partial charge in [-0.1, -0.05) is 6.07 Å². The van der Waals surface area contributed by atoms with Gasteiger partial charge in [0.1, 0.15) is 6.61 Å². The van der Waals surface area contributed by atoms with Crippen LogP contribution in [0.15, 0.2) is 18.3 Å². The molecule has 4 nitrogen and oxygen atoms in total. The fourth-order valence-corrected chi connectivity index (χ4v) is 2.51. The number of ether oxygens (including phenoxy) is 1. The standard InChI is InChI=1S/C13H21N3O/c1-13(6-4-9-16(13)2)11-5-3-8-15-12(11)17-10-7-14/h3,5,8H,4,6-7,9-10,14H2,1-2H3. The summed E-state index contributed by atoms with van der Waals surface area (Å²) >= 11 is 0. The average molecular weight is 235 g/mol. The predicted molar refractivity (Wildman–Crippen MR) is 68.0 cm³/mol. The minimum Gasteiger partial charge on any atom is -0.476 e. The first-order chi connectivity index (χ1) is 8.18. The van der Waals surface area contributed by atoms with Crippen LogP contribution in [0.4, 0.5) is 0 Å². The number of likely N-dealkylation sites (tertiary alicyclic amines) is 1. The van der Waals surface area contributed by atoms with Crippen molar-refractivity contribution in [2.45, 2.75) is 25.3 Å². The Morgan fingerprint density at radius 3 is 3.06 bits per heavy atom. The average Bonchev–Trinajstić information content (AvgIpc) is 2.68. The second kappa shape index (κ2) is 5.02. The number of rotatable bonds is 4. The molecule has 2 heterocycles. The number of aromatic nitrogens is 1. The van der Waals surface area contributed by atoms with Crippen molar-refractivity contribution in [3.63, 3.8) is 0 Å². The third-order valence-corrected chi connectivity index (χ3v) is 3.71. The summed E-state index contributed by atoms with van der Waals surface area (Å²) < 4.78 is 5.65. The van der Waals surface area contributed by atoms with Gasteiger partial charge in [0, 0.05) is 23.8 Å². The lowest BCUT2D eigenvalue weighted by atomic mass is 9.90. The molecule has 0 saturated carbocycles. The van der Waals surface area contributed by atoms with E-state index in [1.54, 1.807) is 6.20 Å². The van der Waals surface area contributed by atoms with E-state index in [-0.39, 0.29) is 5.54 Å². The number of nitrogens with zero attached hydrogens (tertiary/aromatic N) is 2. The molecule has 4 heteroatoms. The van der Waals surface area contributed by atoms with Gasteiger partial charge in [0.05, 0.1) is 0 Å². The fourth-order valence-electron chi connectivity index (χ4n) is 2.51. The van der Waals surface area contributed by atoms with Crippen molar-refractivity contribution in [1.82, 2.24) is 9.88 Å². The third kappa shape index (κ3) is 2.28. The van der Waals surface area contributed by atoms with Crippen molar-refractivity contribution in [1.29, 1.82) is 0 Å². The van der Waals surface area contributed by atoms with Crippen LogP contribution >= 0.6 is 0 Å². The molecule has 94 valence electrons. The van der Waals surface area contributed by atoms with Crippen molar-refractivity contribution in [2.24, 2.45) is 5.73 Å². The molecule has 1 aliphatic heterocycles. The molecule has 0 radical (unpaired) electrons. The van der Waals surface area contributed by atoms with Gasteiger partial charge in [-0.3, -0.25) is 4.90 Å². The zero-order chi connectivity index (χ0) is 12.3. The second-order valence-electron chi connectivity index (χ2n) is 4.79. The third-order valence-electron chi connectivity index (χ3n) is 3.71. The van der Waals surface area contributed by atoms with Crippen LogP contribution in [0.2, 0.25) is 0 Å². The highest BCUT2D eigenvalue weighted by Gasteiger charge is 2.38. The van der Waals surface area contributed by atoms with E-state index in [0.717, 1.165) is 18.8 Å². The Balaban J connectivity index is 2.30. The largest absolute Gasteiger partial charge is 0.476 e. The molecule has 0 amide bonds. The molecule has 1 fully saturated rings. The maximum Gasteiger partial charge on any atom is 0.218 e. The summed E-state index contributed by atoms with van der Waals surface area (Å²) in [6, 6.07) is 4.09. The van der Waals surface area contributed by atoms with E-state index in [1.807, 2.05) is 6.07 Å². The van der Waals surface area contributed by atoms with Crippen molar-refractivity contribution in [2.75, 3.05) is 26.7 Å². The molecular formula is C13H21N3O. The van der Waals surface area contributed by atoms with Crippen LogP contribution in [0.25, 0.3) is 0 Å². The maximum atomic E-state index is 5.65. The number of pyridine rings is 1. The van der Waals surface area contributed by atoms with Gasteiger partial charge in [0.25, 0.3) is 0 Å². The summed E-state index contributed by atoms with van der Waals surface area (Å²) in [7, 11) is 2.16. The molecule has 0 bridgehead atoms. The smallest absolute Gasteiger partial charge is 0.218 e. The van der Waals surface area contributed by atoms with Crippen LogP contribution in [0, 0.1) is 0 Å². The van der Waals surface area contributed by atoms with Gasteiger partial charge in [-0.15, -0.1) is 0 Å². The Hall–Kier alpha value is -1.13. The van der Waals surface area contributed by atoms with E-state index in [1.165, 1.54) is 12.0 Å². The molecular weight excluding hydrogens is 214 g/mol. The van der Waals surface area contributed by atoms with E-state index in [4.69, 9.17) is 10.5 Å². The van der Waals surface area contributed by atoms with Crippen molar-refractivity contribution in [3.05, 3.63) is 23.9 Å². The molecule has 1 saturated heterocycles. The van der Waals surface area contributed by atoms with Crippen LogP contribution in [0.5, 0.6) is 5.88 Å². The molecule has 2 N–H and O–H groups in total. The summed E-state index contributed by atoms with van der Waals surface area (Å²) in [6.07, 6.45) is 4.14. The Kier molecular flexibility index (Phi) is 3.64. The van der Waals surface area contributed by atoms with E-state index in [9.17, 15) is 0 Å². The molecule has 1 atom stereocenters. The van der Waals surface area contributed by atoms with Gasteiger partial charge in [0.2, 0.25) is 5.88 Å². The molecule has 0 spiro atoms. The first kappa shape index (κ1) is 12.3. The Morgan fingerprint density at radius 2 is 2.41 bits per heavy atom. The van der Waals surface area contributed by atoms with Crippen LogP contribution in [-0.4, -0.2) is 36.6 Å². The molecule has 1 unspecified atom stereocenters. The molecule has 1 aromatic heterocycles. The summed E-state index contributed by atoms with van der Waals surface area (Å²) in [5.74, 6) is 0.731. The van der Waals surface area contributed by atoms with Gasteiger partial charge in [-0.2, -0.15) is 0 Å². The Labute approximate surface area is 103 Å². The van der Waals surface area contributed by atoms with Gasteiger partial charge in [-0.25, -0.2) is 4.98 Å². The molecule has 17 heavy (non-hydrogen) atoms. The Bertz CT molecular complexity index is 383. The zero-order valence-corrected chi connectivity index (χ0v) is 10.6. The summed E-state index contributed by atoms with van der Waals surface area (Å²) in [6.45, 7) is 4.42. The lowest BCUT2D eigenvalue weighted by Gasteiger charge is -2.33. The highest BCUT2D eigenvalue weighted by molar-refractivity contribution is 5.33. The van der Waals surface area contributed by atoms with Crippen LogP contribution in [-0.2, 0) is 5.54 Å². The molecule has 0 aromatic carbocycles. The summed E-state index contributed by atoms with van der Waals surface area (Å²) in [5, 5.41) is 0. The number of hydrogen-bond acceptors (Lipinski definition) is 4.